The molecule has 0 unspecified atom stereocenters. The molecule has 0 aliphatic carbocycles. The topological polar surface area (TPSA) is 89.0 Å². The predicted molar refractivity (Wildman–Crippen MR) is 78.7 cm³/mol. The first-order chi connectivity index (χ1) is 9.99. The highest BCUT2D eigenvalue weighted by molar-refractivity contribution is 6.35. The van der Waals surface area contributed by atoms with Crippen molar-refractivity contribution in [1.29, 1.82) is 10.5 Å². The van der Waals surface area contributed by atoms with Gasteiger partial charge in [0.2, 0.25) is 5.91 Å². The van der Waals surface area contributed by atoms with Crippen LogP contribution in [0.5, 0.6) is 0 Å². The first kappa shape index (κ1) is 15.3. The van der Waals surface area contributed by atoms with Gasteiger partial charge in [-0.15, -0.1) is 0 Å². The number of rotatable bonds is 3. The first-order valence-corrected chi connectivity index (χ1v) is 6.83. The zero-order valence-electron chi connectivity index (χ0n) is 11.0. The summed E-state index contributed by atoms with van der Waals surface area (Å²) in [5, 5.41) is 23.1. The summed E-state index contributed by atoms with van der Waals surface area (Å²) in [5.41, 5.74) is 3.42. The van der Waals surface area contributed by atoms with Crippen LogP contribution in [0.25, 0.3) is 0 Å². The minimum absolute atomic E-state index is 0.315. The molecular weight excluding hydrogens is 311 g/mol. The summed E-state index contributed by atoms with van der Waals surface area (Å²) in [5.74, 6) is -2.77. The van der Waals surface area contributed by atoms with Crippen LogP contribution in [0.4, 0.5) is 0 Å². The molecule has 0 saturated heterocycles. The van der Waals surface area contributed by atoms with Crippen LogP contribution in [-0.2, 0) is 4.79 Å². The van der Waals surface area contributed by atoms with Gasteiger partial charge in [-0.05, 0) is 24.6 Å². The van der Waals surface area contributed by atoms with Crippen molar-refractivity contribution in [2.75, 3.05) is 0 Å². The number of hydrogen-bond acceptors (Lipinski definition) is 4. The van der Waals surface area contributed by atoms with E-state index in [2.05, 4.69) is 10.5 Å². The molecule has 5 nitrogen and oxygen atoms in total. The van der Waals surface area contributed by atoms with Crippen molar-refractivity contribution >= 4 is 34.8 Å². The number of hydrazone groups is 1. The zero-order valence-corrected chi connectivity index (χ0v) is 12.5. The van der Waals surface area contributed by atoms with E-state index in [1.165, 1.54) is 6.07 Å². The third-order valence-corrected chi connectivity index (χ3v) is 3.96. The molecule has 2 rings (SSSR count). The number of nitrogens with zero attached hydrogens (tertiary/aromatic N) is 3. The average molecular weight is 321 g/mol. The summed E-state index contributed by atoms with van der Waals surface area (Å²) in [6, 6.07) is 8.62. The summed E-state index contributed by atoms with van der Waals surface area (Å²) in [6.45, 7) is 1.67. The Morgan fingerprint density at radius 1 is 1.33 bits per heavy atom. The zero-order chi connectivity index (χ0) is 15.6. The highest BCUT2D eigenvalue weighted by atomic mass is 35.5. The predicted octanol–water partition coefficient (Wildman–Crippen LogP) is 2.86. The molecule has 1 aromatic carbocycles. The molecule has 1 N–H and O–H groups in total. The van der Waals surface area contributed by atoms with Crippen molar-refractivity contribution in [2.24, 2.45) is 16.9 Å². The van der Waals surface area contributed by atoms with Gasteiger partial charge in [0.15, 0.2) is 0 Å². The van der Waals surface area contributed by atoms with Crippen molar-refractivity contribution in [3.8, 4) is 12.1 Å². The molecule has 0 bridgehead atoms. The van der Waals surface area contributed by atoms with Gasteiger partial charge in [0.05, 0.1) is 18.1 Å². The number of nitrogens with one attached hydrogen (secondary N) is 1. The standard InChI is InChI=1S/C14H10Cl2N4O/c1-7-12(14(21)20-19-7)13(8(5-17)6-18)10-3-2-9(15)4-11(10)16/h2-4,8,12-13H,1H3,(H,20,21)/t12-,13+/m1/s1. The van der Waals surface area contributed by atoms with Crippen LogP contribution in [0.15, 0.2) is 23.3 Å². The summed E-state index contributed by atoms with van der Waals surface area (Å²) >= 11 is 12.0. The van der Waals surface area contributed by atoms with Crippen molar-refractivity contribution in [3.05, 3.63) is 33.8 Å². The molecule has 1 heterocycles. The molecule has 0 fully saturated rings. The Labute approximate surface area is 131 Å². The van der Waals surface area contributed by atoms with Gasteiger partial charge in [0.1, 0.15) is 5.92 Å². The van der Waals surface area contributed by atoms with Gasteiger partial charge in [-0.25, -0.2) is 5.43 Å². The number of carbonyl (C=O) groups is 1. The third kappa shape index (κ3) is 2.85. The molecule has 21 heavy (non-hydrogen) atoms. The van der Waals surface area contributed by atoms with Crippen LogP contribution < -0.4 is 5.43 Å². The molecule has 0 aromatic heterocycles. The van der Waals surface area contributed by atoms with E-state index in [4.69, 9.17) is 23.2 Å². The second-order valence-electron chi connectivity index (χ2n) is 4.63. The fourth-order valence-corrected chi connectivity index (χ4v) is 2.94. The molecule has 0 radical (unpaired) electrons. The Morgan fingerprint density at radius 2 is 2.00 bits per heavy atom. The number of nitriles is 2. The molecule has 0 saturated carbocycles. The van der Waals surface area contributed by atoms with E-state index < -0.39 is 17.8 Å². The molecule has 7 heteroatoms. The van der Waals surface area contributed by atoms with Crippen molar-refractivity contribution < 1.29 is 4.79 Å². The lowest BCUT2D eigenvalue weighted by Gasteiger charge is -2.24. The maximum atomic E-state index is 12.0. The van der Waals surface area contributed by atoms with Crippen LogP contribution in [0.3, 0.4) is 0 Å². The lowest BCUT2D eigenvalue weighted by Crippen LogP contribution is -2.32. The van der Waals surface area contributed by atoms with Crippen LogP contribution in [0.2, 0.25) is 10.0 Å². The normalized spacial score (nSPS) is 18.7. The van der Waals surface area contributed by atoms with Gasteiger partial charge in [-0.3, -0.25) is 4.79 Å². The number of benzene rings is 1. The smallest absolute Gasteiger partial charge is 0.249 e. The lowest BCUT2D eigenvalue weighted by molar-refractivity contribution is -0.122. The highest BCUT2D eigenvalue weighted by Crippen LogP contribution is 2.39. The van der Waals surface area contributed by atoms with Crippen LogP contribution >= 0.6 is 23.2 Å². The van der Waals surface area contributed by atoms with Gasteiger partial charge >= 0.3 is 0 Å². The van der Waals surface area contributed by atoms with Gasteiger partial charge in [0.25, 0.3) is 0 Å². The summed E-state index contributed by atoms with van der Waals surface area (Å²) in [4.78, 5) is 12.0. The number of amides is 1. The monoisotopic (exact) mass is 320 g/mol. The van der Waals surface area contributed by atoms with E-state index in [0.29, 0.717) is 21.3 Å². The number of halogens is 2. The Morgan fingerprint density at radius 3 is 2.48 bits per heavy atom. The van der Waals surface area contributed by atoms with Crippen LogP contribution in [-0.4, -0.2) is 11.6 Å². The van der Waals surface area contributed by atoms with E-state index in [-0.39, 0.29) is 5.91 Å². The van der Waals surface area contributed by atoms with Crippen LogP contribution in [0, 0.1) is 34.5 Å². The maximum Gasteiger partial charge on any atom is 0.249 e. The van der Waals surface area contributed by atoms with Crippen molar-refractivity contribution in [3.63, 3.8) is 0 Å². The summed E-state index contributed by atoms with van der Waals surface area (Å²) < 4.78 is 0. The molecule has 0 spiro atoms. The van der Waals surface area contributed by atoms with E-state index in [1.54, 1.807) is 19.1 Å². The van der Waals surface area contributed by atoms with E-state index in [0.717, 1.165) is 0 Å². The Bertz CT molecular complexity index is 688. The molecule has 2 atom stereocenters. The second-order valence-corrected chi connectivity index (χ2v) is 5.48. The van der Waals surface area contributed by atoms with E-state index in [1.807, 2.05) is 12.1 Å². The molecule has 1 aliphatic rings. The van der Waals surface area contributed by atoms with E-state index >= 15 is 0 Å². The highest BCUT2D eigenvalue weighted by Gasteiger charge is 2.41. The van der Waals surface area contributed by atoms with Gasteiger partial charge in [0, 0.05) is 21.7 Å². The average Bonchev–Trinajstić information content (AvgIpc) is 2.77. The Kier molecular flexibility index (Phi) is 4.47. The fraction of sp³-hybridized carbons (Fsp3) is 0.286. The molecule has 1 aromatic rings. The Balaban J connectivity index is 2.57. The van der Waals surface area contributed by atoms with Crippen LogP contribution in [0.1, 0.15) is 18.4 Å². The first-order valence-electron chi connectivity index (χ1n) is 6.07. The maximum absolute atomic E-state index is 12.0. The molecule has 106 valence electrons. The van der Waals surface area contributed by atoms with Gasteiger partial charge in [-0.2, -0.15) is 15.6 Å². The number of carbonyl (C=O) groups excluding carboxylic acids is 1. The van der Waals surface area contributed by atoms with Gasteiger partial charge < -0.3 is 0 Å². The molecular formula is C14H10Cl2N4O. The van der Waals surface area contributed by atoms with Crippen molar-refractivity contribution in [1.82, 2.24) is 5.43 Å². The summed E-state index contributed by atoms with van der Waals surface area (Å²) in [6.07, 6.45) is 0. The quantitative estimate of drug-likeness (QED) is 0.928. The minimum Gasteiger partial charge on any atom is -0.272 e. The molecule has 1 aliphatic heterocycles. The fourth-order valence-electron chi connectivity index (χ4n) is 2.41. The van der Waals surface area contributed by atoms with E-state index in [9.17, 15) is 15.3 Å². The van der Waals surface area contributed by atoms with Gasteiger partial charge in [-0.1, -0.05) is 29.3 Å². The van der Waals surface area contributed by atoms with Crippen molar-refractivity contribution in [2.45, 2.75) is 12.8 Å². The number of hydrogen-bond donors (Lipinski definition) is 1. The molecule has 1 amide bonds. The summed E-state index contributed by atoms with van der Waals surface area (Å²) in [7, 11) is 0. The largest absolute Gasteiger partial charge is 0.272 e. The minimum atomic E-state index is -1.03. The third-order valence-electron chi connectivity index (χ3n) is 3.39. The lowest BCUT2D eigenvalue weighted by atomic mass is 9.76. The Hall–Kier alpha value is -2.08. The SMILES string of the molecule is CC1=NNC(=O)[C@H]1[C@H](c1ccc(Cl)cc1Cl)C(C#N)C#N. The second kappa shape index (κ2) is 6.13.